The lowest BCUT2D eigenvalue weighted by molar-refractivity contribution is 0.151. The third-order valence-corrected chi connectivity index (χ3v) is 1.87. The Labute approximate surface area is 87.9 Å². The zero-order valence-electron chi connectivity index (χ0n) is 9.00. The number of hydrogen-bond acceptors (Lipinski definition) is 4. The first-order chi connectivity index (χ1) is 6.97. The molecule has 0 saturated heterocycles. The standard InChI is InChI=1S/C9H14FN3O2/c1-9(2,4-5-11)7(6-10)13-15-8(14)12-3/h4,6H2,1-3H3,(H,12,14). The van der Waals surface area contributed by atoms with Crippen LogP contribution < -0.4 is 5.32 Å². The van der Waals surface area contributed by atoms with Crippen molar-refractivity contribution in [3.63, 3.8) is 0 Å². The van der Waals surface area contributed by atoms with Crippen molar-refractivity contribution in [1.29, 1.82) is 5.26 Å². The molecule has 0 radical (unpaired) electrons. The number of carbonyl (C=O) groups is 1. The van der Waals surface area contributed by atoms with Crippen LogP contribution in [0.25, 0.3) is 0 Å². The van der Waals surface area contributed by atoms with Gasteiger partial charge in [-0.1, -0.05) is 19.0 Å². The minimum Gasteiger partial charge on any atom is -0.323 e. The number of halogens is 1. The van der Waals surface area contributed by atoms with Gasteiger partial charge in [-0.05, 0) is 0 Å². The fourth-order valence-corrected chi connectivity index (χ4v) is 0.771. The summed E-state index contributed by atoms with van der Waals surface area (Å²) in [5, 5.41) is 14.1. The van der Waals surface area contributed by atoms with Crippen molar-refractivity contribution in [3.05, 3.63) is 0 Å². The second-order valence-corrected chi connectivity index (χ2v) is 3.52. The highest BCUT2D eigenvalue weighted by Crippen LogP contribution is 2.22. The maximum Gasteiger partial charge on any atom is 0.433 e. The molecule has 6 heteroatoms. The van der Waals surface area contributed by atoms with E-state index in [0.29, 0.717) is 0 Å². The Balaban J connectivity index is 4.61. The molecule has 0 aromatic carbocycles. The van der Waals surface area contributed by atoms with E-state index in [9.17, 15) is 9.18 Å². The van der Waals surface area contributed by atoms with Gasteiger partial charge in [0, 0.05) is 18.9 Å². The van der Waals surface area contributed by atoms with Gasteiger partial charge in [0.2, 0.25) is 0 Å². The van der Waals surface area contributed by atoms with Crippen molar-refractivity contribution >= 4 is 11.8 Å². The van der Waals surface area contributed by atoms with Crippen LogP contribution in [-0.4, -0.2) is 25.5 Å². The van der Waals surface area contributed by atoms with Gasteiger partial charge in [0.25, 0.3) is 0 Å². The molecule has 5 nitrogen and oxygen atoms in total. The minimum absolute atomic E-state index is 0.0349. The van der Waals surface area contributed by atoms with Gasteiger partial charge in [0.05, 0.1) is 11.8 Å². The van der Waals surface area contributed by atoms with E-state index in [1.807, 2.05) is 6.07 Å². The fraction of sp³-hybridized carbons (Fsp3) is 0.667. The fourth-order valence-electron chi connectivity index (χ4n) is 0.771. The molecule has 0 aliphatic rings. The number of amides is 1. The number of alkyl halides is 1. The SMILES string of the molecule is CNC(=O)ON=C(CF)C(C)(C)CC#N. The molecule has 1 amide bonds. The van der Waals surface area contributed by atoms with Crippen LogP contribution in [0.1, 0.15) is 20.3 Å². The largest absolute Gasteiger partial charge is 0.433 e. The van der Waals surface area contributed by atoms with Crippen LogP contribution in [0.5, 0.6) is 0 Å². The first-order valence-corrected chi connectivity index (χ1v) is 4.37. The van der Waals surface area contributed by atoms with Gasteiger partial charge in [-0.3, -0.25) is 4.84 Å². The molecule has 0 atom stereocenters. The van der Waals surface area contributed by atoms with Crippen molar-refractivity contribution in [1.82, 2.24) is 5.32 Å². The predicted octanol–water partition coefficient (Wildman–Crippen LogP) is 1.61. The summed E-state index contributed by atoms with van der Waals surface area (Å²) in [5.41, 5.74) is -0.704. The molecule has 0 saturated carbocycles. The van der Waals surface area contributed by atoms with E-state index < -0.39 is 18.2 Å². The van der Waals surface area contributed by atoms with Crippen molar-refractivity contribution in [2.75, 3.05) is 13.7 Å². The lowest BCUT2D eigenvalue weighted by Gasteiger charge is -2.20. The first kappa shape index (κ1) is 13.4. The third kappa shape index (κ3) is 4.40. The van der Waals surface area contributed by atoms with Gasteiger partial charge in [-0.25, -0.2) is 9.18 Å². The van der Waals surface area contributed by atoms with E-state index in [2.05, 4.69) is 15.3 Å². The average molecular weight is 215 g/mol. The summed E-state index contributed by atoms with van der Waals surface area (Å²) in [6.07, 6.45) is -0.666. The molecule has 0 heterocycles. The van der Waals surface area contributed by atoms with Crippen LogP contribution in [0.15, 0.2) is 5.16 Å². The number of carbonyl (C=O) groups excluding carboxylic acids is 1. The molecule has 0 fully saturated rings. The number of rotatable bonds is 4. The lowest BCUT2D eigenvalue weighted by atomic mass is 9.85. The number of oxime groups is 1. The highest BCUT2D eigenvalue weighted by atomic mass is 19.1. The summed E-state index contributed by atoms with van der Waals surface area (Å²) < 4.78 is 12.6. The van der Waals surface area contributed by atoms with Crippen LogP contribution in [0.3, 0.4) is 0 Å². The van der Waals surface area contributed by atoms with Crippen LogP contribution >= 0.6 is 0 Å². The quantitative estimate of drug-likeness (QED) is 0.439. The molecule has 84 valence electrons. The molecule has 0 aromatic rings. The summed E-state index contributed by atoms with van der Waals surface area (Å²) >= 11 is 0. The molecule has 0 unspecified atom stereocenters. The molecular formula is C9H14FN3O2. The molecule has 0 spiro atoms. The van der Waals surface area contributed by atoms with Gasteiger partial charge < -0.3 is 5.32 Å². The maximum atomic E-state index is 12.6. The van der Waals surface area contributed by atoms with Gasteiger partial charge in [0.15, 0.2) is 0 Å². The van der Waals surface area contributed by atoms with E-state index >= 15 is 0 Å². The maximum absolute atomic E-state index is 12.6. The van der Waals surface area contributed by atoms with Gasteiger partial charge in [-0.15, -0.1) is 0 Å². The average Bonchev–Trinajstić information content (AvgIpc) is 2.17. The van der Waals surface area contributed by atoms with Crippen LogP contribution in [0.2, 0.25) is 0 Å². The lowest BCUT2D eigenvalue weighted by Crippen LogP contribution is -2.27. The summed E-state index contributed by atoms with van der Waals surface area (Å²) in [6, 6.07) is 1.92. The van der Waals surface area contributed by atoms with E-state index in [-0.39, 0.29) is 12.1 Å². The summed E-state index contributed by atoms with van der Waals surface area (Å²) in [7, 11) is 1.37. The van der Waals surface area contributed by atoms with Crippen LogP contribution in [-0.2, 0) is 4.84 Å². The monoisotopic (exact) mass is 215 g/mol. The highest BCUT2D eigenvalue weighted by molar-refractivity contribution is 5.90. The smallest absolute Gasteiger partial charge is 0.323 e. The summed E-state index contributed by atoms with van der Waals surface area (Å²) in [5.74, 6) is 0. The molecule has 1 N–H and O–H groups in total. The highest BCUT2D eigenvalue weighted by Gasteiger charge is 2.26. The van der Waals surface area contributed by atoms with Gasteiger partial charge >= 0.3 is 6.09 Å². The Bertz CT molecular complexity index is 294. The molecule has 0 aliphatic heterocycles. The molecular weight excluding hydrogens is 201 g/mol. The Morgan fingerprint density at radius 2 is 2.27 bits per heavy atom. The third-order valence-electron chi connectivity index (χ3n) is 1.87. The van der Waals surface area contributed by atoms with Crippen molar-refractivity contribution in [3.8, 4) is 6.07 Å². The minimum atomic E-state index is -0.855. The zero-order chi connectivity index (χ0) is 11.9. The van der Waals surface area contributed by atoms with E-state index in [0.717, 1.165) is 0 Å². The number of hydrogen-bond donors (Lipinski definition) is 1. The zero-order valence-corrected chi connectivity index (χ0v) is 9.00. The van der Waals surface area contributed by atoms with E-state index in [1.165, 1.54) is 7.05 Å². The number of nitrogens with one attached hydrogen (secondary N) is 1. The topological polar surface area (TPSA) is 74.5 Å². The van der Waals surface area contributed by atoms with Gasteiger partial charge in [0.1, 0.15) is 6.67 Å². The second kappa shape index (κ2) is 5.96. The van der Waals surface area contributed by atoms with Crippen LogP contribution in [0.4, 0.5) is 9.18 Å². The Kier molecular flexibility index (Phi) is 5.31. The number of nitrogens with zero attached hydrogens (tertiary/aromatic N) is 2. The molecule has 0 aliphatic carbocycles. The Hall–Kier alpha value is -1.64. The number of nitriles is 1. The predicted molar refractivity (Wildman–Crippen MR) is 53.0 cm³/mol. The Morgan fingerprint density at radius 1 is 1.67 bits per heavy atom. The molecule has 0 rings (SSSR count). The van der Waals surface area contributed by atoms with Crippen molar-refractivity contribution < 1.29 is 14.0 Å². The van der Waals surface area contributed by atoms with E-state index in [1.54, 1.807) is 13.8 Å². The second-order valence-electron chi connectivity index (χ2n) is 3.52. The first-order valence-electron chi connectivity index (χ1n) is 4.37. The molecule has 0 aromatic heterocycles. The molecule has 0 bridgehead atoms. The van der Waals surface area contributed by atoms with E-state index in [4.69, 9.17) is 5.26 Å². The Morgan fingerprint density at radius 3 is 2.67 bits per heavy atom. The van der Waals surface area contributed by atoms with Gasteiger partial charge in [-0.2, -0.15) is 5.26 Å². The normalized spacial score (nSPS) is 11.8. The van der Waals surface area contributed by atoms with Crippen molar-refractivity contribution in [2.24, 2.45) is 10.6 Å². The van der Waals surface area contributed by atoms with Crippen molar-refractivity contribution in [2.45, 2.75) is 20.3 Å². The molecule has 15 heavy (non-hydrogen) atoms. The van der Waals surface area contributed by atoms with Crippen LogP contribution in [0, 0.1) is 16.7 Å². The summed E-state index contributed by atoms with van der Waals surface area (Å²) in [4.78, 5) is 15.1. The summed E-state index contributed by atoms with van der Waals surface area (Å²) in [6.45, 7) is 2.45.